The van der Waals surface area contributed by atoms with Gasteiger partial charge in [0, 0.05) is 6.54 Å². The molecule has 12 heavy (non-hydrogen) atoms. The molecule has 0 radical (unpaired) electrons. The zero-order valence-corrected chi connectivity index (χ0v) is 8.16. The third-order valence-electron chi connectivity index (χ3n) is 1.85. The van der Waals surface area contributed by atoms with E-state index in [2.05, 4.69) is 5.32 Å². The second kappa shape index (κ2) is 6.48. The Kier molecular flexibility index (Phi) is 7.83. The van der Waals surface area contributed by atoms with Crippen LogP contribution in [0.1, 0.15) is 6.42 Å². The number of aliphatic carboxylic acids is 1. The first-order chi connectivity index (χ1) is 4.74. The van der Waals surface area contributed by atoms with Crippen LogP contribution in [0.3, 0.4) is 0 Å². The van der Waals surface area contributed by atoms with E-state index < -0.39 is 5.97 Å². The van der Waals surface area contributed by atoms with Gasteiger partial charge in [-0.1, -0.05) is 0 Å². The number of halogens is 2. The fraction of sp³-hybridized carbons (Fsp3) is 0.833. The largest absolute Gasteiger partial charge is 0.480 e. The molecular formula is C6H14Cl2N2O2. The van der Waals surface area contributed by atoms with Crippen LogP contribution >= 0.6 is 24.8 Å². The molecule has 0 aromatic carbocycles. The standard InChI is InChI=1S/C6H12N2O2.2ClH/c7-2-4-1-5(6(9)10)8-3-4;;/h4-5,8H,1-3,7H2,(H,9,10);2*1H/t4-,5+;;/m1../s1. The molecule has 0 bridgehead atoms. The second-order valence-corrected chi connectivity index (χ2v) is 2.64. The van der Waals surface area contributed by atoms with Crippen molar-refractivity contribution in [1.82, 2.24) is 5.32 Å². The van der Waals surface area contributed by atoms with Crippen molar-refractivity contribution in [2.45, 2.75) is 12.5 Å². The summed E-state index contributed by atoms with van der Waals surface area (Å²) >= 11 is 0. The average molecular weight is 217 g/mol. The Morgan fingerprint density at radius 3 is 2.42 bits per heavy atom. The van der Waals surface area contributed by atoms with Crippen molar-refractivity contribution in [2.75, 3.05) is 13.1 Å². The summed E-state index contributed by atoms with van der Waals surface area (Å²) in [5, 5.41) is 11.4. The van der Waals surface area contributed by atoms with Gasteiger partial charge in [0.25, 0.3) is 0 Å². The summed E-state index contributed by atoms with van der Waals surface area (Å²) in [6.07, 6.45) is 0.672. The van der Waals surface area contributed by atoms with Crippen molar-refractivity contribution in [1.29, 1.82) is 0 Å². The normalized spacial score (nSPS) is 27.1. The van der Waals surface area contributed by atoms with Gasteiger partial charge in [0.1, 0.15) is 6.04 Å². The molecule has 0 aliphatic carbocycles. The van der Waals surface area contributed by atoms with Gasteiger partial charge in [-0.3, -0.25) is 4.79 Å². The third-order valence-corrected chi connectivity index (χ3v) is 1.85. The van der Waals surface area contributed by atoms with Crippen molar-refractivity contribution >= 4 is 30.8 Å². The van der Waals surface area contributed by atoms with Crippen molar-refractivity contribution in [3.8, 4) is 0 Å². The van der Waals surface area contributed by atoms with Crippen LogP contribution in [0, 0.1) is 5.92 Å². The number of carbonyl (C=O) groups is 1. The van der Waals surface area contributed by atoms with Gasteiger partial charge >= 0.3 is 5.97 Å². The van der Waals surface area contributed by atoms with E-state index in [1.165, 1.54) is 0 Å². The SMILES string of the molecule is Cl.Cl.NC[C@@H]1CN[C@H](C(=O)O)C1. The highest BCUT2D eigenvalue weighted by Crippen LogP contribution is 2.11. The second-order valence-electron chi connectivity index (χ2n) is 2.64. The molecule has 4 N–H and O–H groups in total. The monoisotopic (exact) mass is 216 g/mol. The molecule has 2 atom stereocenters. The zero-order chi connectivity index (χ0) is 7.56. The van der Waals surface area contributed by atoms with E-state index in [0.29, 0.717) is 18.9 Å². The van der Waals surface area contributed by atoms with Crippen molar-refractivity contribution in [3.05, 3.63) is 0 Å². The van der Waals surface area contributed by atoms with Crippen LogP contribution < -0.4 is 11.1 Å². The maximum absolute atomic E-state index is 10.4. The lowest BCUT2D eigenvalue weighted by Gasteiger charge is -2.02. The lowest BCUT2D eigenvalue weighted by atomic mass is 10.1. The maximum atomic E-state index is 10.4. The highest BCUT2D eigenvalue weighted by molar-refractivity contribution is 5.85. The highest BCUT2D eigenvalue weighted by Gasteiger charge is 2.27. The molecule has 0 aromatic rings. The number of rotatable bonds is 2. The summed E-state index contributed by atoms with van der Waals surface area (Å²) in [6, 6.07) is -0.367. The number of hydrogen-bond acceptors (Lipinski definition) is 3. The minimum atomic E-state index is -0.768. The highest BCUT2D eigenvalue weighted by atomic mass is 35.5. The van der Waals surface area contributed by atoms with Gasteiger partial charge in [-0.05, 0) is 18.9 Å². The maximum Gasteiger partial charge on any atom is 0.320 e. The predicted molar refractivity (Wildman–Crippen MR) is 51.1 cm³/mol. The molecule has 0 aromatic heterocycles. The summed E-state index contributed by atoms with van der Waals surface area (Å²) in [5.41, 5.74) is 5.36. The summed E-state index contributed by atoms with van der Waals surface area (Å²) < 4.78 is 0. The predicted octanol–water partition coefficient (Wildman–Crippen LogP) is -0.149. The molecule has 0 saturated carbocycles. The van der Waals surface area contributed by atoms with E-state index >= 15 is 0 Å². The Hall–Kier alpha value is -0.0300. The molecule has 74 valence electrons. The number of hydrogen-bond donors (Lipinski definition) is 3. The van der Waals surface area contributed by atoms with Crippen molar-refractivity contribution < 1.29 is 9.90 Å². The molecular weight excluding hydrogens is 203 g/mol. The molecule has 1 heterocycles. The minimum absolute atomic E-state index is 0. The fourth-order valence-electron chi connectivity index (χ4n) is 1.18. The van der Waals surface area contributed by atoms with Crippen LogP contribution in [0.5, 0.6) is 0 Å². The Bertz CT molecular complexity index is 146. The van der Waals surface area contributed by atoms with Crippen LogP contribution in [0.2, 0.25) is 0 Å². The summed E-state index contributed by atoms with van der Waals surface area (Å²) in [4.78, 5) is 10.4. The van der Waals surface area contributed by atoms with Crippen LogP contribution in [0.15, 0.2) is 0 Å². The molecule has 4 nitrogen and oxygen atoms in total. The van der Waals surface area contributed by atoms with Gasteiger partial charge in [0.2, 0.25) is 0 Å². The fourth-order valence-corrected chi connectivity index (χ4v) is 1.18. The van der Waals surface area contributed by atoms with Gasteiger partial charge in [0.15, 0.2) is 0 Å². The number of carboxylic acid groups (broad SMARTS) is 1. The lowest BCUT2D eigenvalue weighted by molar-refractivity contribution is -0.139. The van der Waals surface area contributed by atoms with Gasteiger partial charge in [-0.25, -0.2) is 0 Å². The van der Waals surface area contributed by atoms with Gasteiger partial charge in [0.05, 0.1) is 0 Å². The van der Waals surface area contributed by atoms with E-state index in [-0.39, 0.29) is 30.9 Å². The molecule has 0 unspecified atom stereocenters. The van der Waals surface area contributed by atoms with E-state index in [9.17, 15) is 4.79 Å². The average Bonchev–Trinajstić information content (AvgIpc) is 2.34. The Labute approximate surface area is 83.7 Å². The van der Waals surface area contributed by atoms with Crippen molar-refractivity contribution in [3.63, 3.8) is 0 Å². The number of nitrogens with one attached hydrogen (secondary N) is 1. The first-order valence-corrected chi connectivity index (χ1v) is 3.40. The van der Waals surface area contributed by atoms with Gasteiger partial charge in [-0.2, -0.15) is 0 Å². The number of carboxylic acids is 1. The third kappa shape index (κ3) is 3.58. The summed E-state index contributed by atoms with van der Waals surface area (Å²) in [5.74, 6) is -0.419. The van der Waals surface area contributed by atoms with Crippen LogP contribution in [0.25, 0.3) is 0 Å². The molecule has 1 saturated heterocycles. The van der Waals surface area contributed by atoms with Crippen LogP contribution in [-0.2, 0) is 4.79 Å². The van der Waals surface area contributed by atoms with Gasteiger partial charge < -0.3 is 16.2 Å². The van der Waals surface area contributed by atoms with E-state index in [1.54, 1.807) is 0 Å². The molecule has 1 aliphatic rings. The summed E-state index contributed by atoms with van der Waals surface area (Å²) in [6.45, 7) is 1.32. The molecule has 1 rings (SSSR count). The molecule has 1 fully saturated rings. The van der Waals surface area contributed by atoms with Crippen molar-refractivity contribution in [2.24, 2.45) is 11.7 Å². The van der Waals surface area contributed by atoms with Crippen LogP contribution in [0.4, 0.5) is 0 Å². The topological polar surface area (TPSA) is 75.3 Å². The zero-order valence-electron chi connectivity index (χ0n) is 6.53. The summed E-state index contributed by atoms with van der Waals surface area (Å²) in [7, 11) is 0. The minimum Gasteiger partial charge on any atom is -0.480 e. The number of nitrogens with two attached hydrogens (primary N) is 1. The first-order valence-electron chi connectivity index (χ1n) is 3.40. The first kappa shape index (κ1) is 14.5. The Morgan fingerprint density at radius 2 is 2.17 bits per heavy atom. The smallest absolute Gasteiger partial charge is 0.320 e. The van der Waals surface area contributed by atoms with Gasteiger partial charge in [-0.15, -0.1) is 24.8 Å². The lowest BCUT2D eigenvalue weighted by Crippen LogP contribution is -2.29. The molecule has 0 spiro atoms. The molecule has 1 aliphatic heterocycles. The van der Waals surface area contributed by atoms with E-state index in [0.717, 1.165) is 6.54 Å². The Balaban J connectivity index is 0. The molecule has 0 amide bonds. The quantitative estimate of drug-likeness (QED) is 0.601. The van der Waals surface area contributed by atoms with E-state index in [4.69, 9.17) is 10.8 Å². The molecule has 6 heteroatoms. The van der Waals surface area contributed by atoms with E-state index in [1.807, 2.05) is 0 Å². The Morgan fingerprint density at radius 1 is 1.58 bits per heavy atom. The van der Waals surface area contributed by atoms with Crippen LogP contribution in [-0.4, -0.2) is 30.2 Å².